The molecule has 1 rings (SSSR count). The molecular formula is C9H8ClN3O3. The van der Waals surface area contributed by atoms with Crippen molar-refractivity contribution in [3.63, 3.8) is 0 Å². The van der Waals surface area contributed by atoms with Gasteiger partial charge in [-0.2, -0.15) is 0 Å². The van der Waals surface area contributed by atoms with Gasteiger partial charge in [-0.1, -0.05) is 16.7 Å². The number of carbonyl (C=O) groups is 1. The first-order chi connectivity index (χ1) is 7.63. The zero-order chi connectivity index (χ0) is 12.1. The minimum atomic E-state index is -0.565. The topological polar surface area (TPSA) is 84.3 Å². The lowest BCUT2D eigenvalue weighted by Gasteiger charge is -2.07. The van der Waals surface area contributed by atoms with Crippen LogP contribution in [0.2, 0.25) is 5.02 Å². The van der Waals surface area contributed by atoms with Gasteiger partial charge >= 0.3 is 5.97 Å². The van der Waals surface area contributed by atoms with Crippen LogP contribution >= 0.6 is 11.6 Å². The third-order valence-electron chi connectivity index (χ3n) is 1.81. The summed E-state index contributed by atoms with van der Waals surface area (Å²) in [7, 11) is 2.64. The number of azide groups is 1. The summed E-state index contributed by atoms with van der Waals surface area (Å²) in [6.07, 6.45) is 0. The maximum absolute atomic E-state index is 11.3. The first-order valence-corrected chi connectivity index (χ1v) is 4.52. The second-order valence-electron chi connectivity index (χ2n) is 2.69. The van der Waals surface area contributed by atoms with E-state index in [2.05, 4.69) is 14.8 Å². The molecule has 0 aliphatic rings. The zero-order valence-electron chi connectivity index (χ0n) is 8.60. The Morgan fingerprint density at radius 3 is 2.69 bits per heavy atom. The molecule has 0 bridgehead atoms. The van der Waals surface area contributed by atoms with Gasteiger partial charge in [0.25, 0.3) is 0 Å². The molecule has 0 heterocycles. The molecule has 6 nitrogen and oxygen atoms in total. The Morgan fingerprint density at radius 2 is 2.19 bits per heavy atom. The van der Waals surface area contributed by atoms with Crippen LogP contribution in [0.5, 0.6) is 5.75 Å². The zero-order valence-corrected chi connectivity index (χ0v) is 9.35. The van der Waals surface area contributed by atoms with Crippen molar-refractivity contribution < 1.29 is 14.3 Å². The number of ether oxygens (including phenoxy) is 2. The minimum Gasteiger partial charge on any atom is -0.495 e. The Labute approximate surface area is 96.4 Å². The van der Waals surface area contributed by atoms with Gasteiger partial charge in [0, 0.05) is 4.91 Å². The number of nitrogens with zero attached hydrogens (tertiary/aromatic N) is 3. The van der Waals surface area contributed by atoms with Gasteiger partial charge in [0.15, 0.2) is 0 Å². The fourth-order valence-electron chi connectivity index (χ4n) is 1.09. The number of hydrogen-bond acceptors (Lipinski definition) is 4. The molecular weight excluding hydrogens is 234 g/mol. The van der Waals surface area contributed by atoms with Gasteiger partial charge in [-0.25, -0.2) is 4.79 Å². The molecule has 0 fully saturated rings. The number of benzene rings is 1. The average molecular weight is 242 g/mol. The predicted molar refractivity (Wildman–Crippen MR) is 58.1 cm³/mol. The van der Waals surface area contributed by atoms with Crippen LogP contribution < -0.4 is 4.74 Å². The van der Waals surface area contributed by atoms with Gasteiger partial charge in [-0.15, -0.1) is 0 Å². The molecule has 0 amide bonds. The molecule has 0 aliphatic heterocycles. The molecule has 0 unspecified atom stereocenters. The van der Waals surface area contributed by atoms with E-state index in [1.54, 1.807) is 0 Å². The maximum atomic E-state index is 11.3. The Bertz CT molecular complexity index is 469. The third kappa shape index (κ3) is 2.36. The number of methoxy groups -OCH3 is 2. The molecule has 0 saturated carbocycles. The second-order valence-corrected chi connectivity index (χ2v) is 3.07. The van der Waals surface area contributed by atoms with E-state index >= 15 is 0 Å². The molecule has 0 aliphatic carbocycles. The maximum Gasteiger partial charge on any atom is 0.337 e. The van der Waals surface area contributed by atoms with Crippen LogP contribution in [0.1, 0.15) is 10.4 Å². The van der Waals surface area contributed by atoms with Crippen LogP contribution in [0.3, 0.4) is 0 Å². The summed E-state index contributed by atoms with van der Waals surface area (Å²) < 4.78 is 9.48. The normalized spacial score (nSPS) is 9.19. The minimum absolute atomic E-state index is 0.115. The van der Waals surface area contributed by atoms with E-state index < -0.39 is 5.97 Å². The fourth-order valence-corrected chi connectivity index (χ4v) is 1.31. The summed E-state index contributed by atoms with van der Waals surface area (Å²) >= 11 is 5.87. The van der Waals surface area contributed by atoms with Crippen LogP contribution in [-0.4, -0.2) is 20.2 Å². The van der Waals surface area contributed by atoms with Crippen molar-refractivity contribution in [3.05, 3.63) is 33.2 Å². The Morgan fingerprint density at radius 1 is 1.50 bits per heavy atom. The lowest BCUT2D eigenvalue weighted by atomic mass is 10.2. The molecule has 16 heavy (non-hydrogen) atoms. The molecule has 7 heteroatoms. The van der Waals surface area contributed by atoms with Crippen LogP contribution in [-0.2, 0) is 4.74 Å². The molecule has 84 valence electrons. The SMILES string of the molecule is COC(=O)c1cc(N=[N+]=[N-])c(Cl)c(OC)c1. The van der Waals surface area contributed by atoms with Crippen LogP contribution in [0.25, 0.3) is 10.4 Å². The van der Waals surface area contributed by atoms with Crippen molar-refractivity contribution in [3.8, 4) is 5.75 Å². The number of carbonyl (C=O) groups excluding carboxylic acids is 1. The summed E-state index contributed by atoms with van der Waals surface area (Å²) in [5.41, 5.74) is 8.65. The number of rotatable bonds is 3. The largest absolute Gasteiger partial charge is 0.495 e. The molecule has 0 saturated heterocycles. The van der Waals surface area contributed by atoms with Gasteiger partial charge in [0.05, 0.1) is 30.5 Å². The predicted octanol–water partition coefficient (Wildman–Crippen LogP) is 3.08. The summed E-state index contributed by atoms with van der Waals surface area (Å²) in [6, 6.07) is 2.74. The van der Waals surface area contributed by atoms with Crippen molar-refractivity contribution in [2.24, 2.45) is 5.11 Å². The highest BCUT2D eigenvalue weighted by Gasteiger charge is 2.13. The fraction of sp³-hybridized carbons (Fsp3) is 0.222. The van der Waals surface area contributed by atoms with Crippen molar-refractivity contribution in [2.45, 2.75) is 0 Å². The second kappa shape index (κ2) is 5.25. The summed E-state index contributed by atoms with van der Waals surface area (Å²) in [5.74, 6) is -0.323. The summed E-state index contributed by atoms with van der Waals surface area (Å²) in [4.78, 5) is 13.9. The van der Waals surface area contributed by atoms with Crippen LogP contribution in [0.15, 0.2) is 17.2 Å². The van der Waals surface area contributed by atoms with Gasteiger partial charge in [0.2, 0.25) is 0 Å². The van der Waals surface area contributed by atoms with E-state index in [0.29, 0.717) is 0 Å². The van der Waals surface area contributed by atoms with Crippen molar-refractivity contribution >= 4 is 23.3 Å². The van der Waals surface area contributed by atoms with Gasteiger partial charge in [-0.05, 0) is 17.7 Å². The molecule has 1 aromatic carbocycles. The van der Waals surface area contributed by atoms with Gasteiger partial charge in [0.1, 0.15) is 5.75 Å². The number of esters is 1. The quantitative estimate of drug-likeness (QED) is 0.353. The summed E-state index contributed by atoms with van der Waals surface area (Å²) in [6.45, 7) is 0. The lowest BCUT2D eigenvalue weighted by Crippen LogP contribution is -2.01. The highest BCUT2D eigenvalue weighted by molar-refractivity contribution is 6.34. The first kappa shape index (κ1) is 12.2. The lowest BCUT2D eigenvalue weighted by molar-refractivity contribution is 0.0600. The van der Waals surface area contributed by atoms with E-state index in [9.17, 15) is 4.79 Å². The molecule has 0 spiro atoms. The summed E-state index contributed by atoms with van der Waals surface area (Å²) in [5, 5.41) is 3.50. The molecule has 0 radical (unpaired) electrons. The smallest absolute Gasteiger partial charge is 0.337 e. The van der Waals surface area contributed by atoms with Gasteiger partial charge in [-0.3, -0.25) is 0 Å². The number of halogens is 1. The highest BCUT2D eigenvalue weighted by Crippen LogP contribution is 2.35. The number of hydrogen-bond donors (Lipinski definition) is 0. The van der Waals surface area contributed by atoms with Crippen molar-refractivity contribution in [1.29, 1.82) is 0 Å². The molecule has 0 aromatic heterocycles. The average Bonchev–Trinajstić information content (AvgIpc) is 2.31. The Kier molecular flexibility index (Phi) is 3.99. The van der Waals surface area contributed by atoms with E-state index in [-0.39, 0.29) is 22.0 Å². The highest BCUT2D eigenvalue weighted by atomic mass is 35.5. The van der Waals surface area contributed by atoms with E-state index in [1.165, 1.54) is 26.4 Å². The molecule has 0 atom stereocenters. The van der Waals surface area contributed by atoms with Crippen molar-refractivity contribution in [1.82, 2.24) is 0 Å². The molecule has 0 N–H and O–H groups in total. The monoisotopic (exact) mass is 241 g/mol. The Balaban J connectivity index is 3.39. The molecule has 1 aromatic rings. The van der Waals surface area contributed by atoms with E-state index in [4.69, 9.17) is 21.9 Å². The first-order valence-electron chi connectivity index (χ1n) is 4.15. The Hall–Kier alpha value is -1.91. The van der Waals surface area contributed by atoms with E-state index in [0.717, 1.165) is 0 Å². The van der Waals surface area contributed by atoms with Crippen molar-refractivity contribution in [2.75, 3.05) is 14.2 Å². The van der Waals surface area contributed by atoms with Crippen LogP contribution in [0, 0.1) is 0 Å². The standard InChI is InChI=1S/C9H8ClN3O3/c1-15-7-4-5(9(14)16-2)3-6(8(7)10)12-13-11/h3-4H,1-2H3. The third-order valence-corrected chi connectivity index (χ3v) is 2.19. The van der Waals surface area contributed by atoms with Crippen LogP contribution in [0.4, 0.5) is 5.69 Å². The van der Waals surface area contributed by atoms with E-state index in [1.807, 2.05) is 0 Å². The van der Waals surface area contributed by atoms with Gasteiger partial charge < -0.3 is 9.47 Å².